The van der Waals surface area contributed by atoms with Gasteiger partial charge in [-0.1, -0.05) is 0 Å². The Kier molecular flexibility index (Phi) is 3.34. The first-order chi connectivity index (χ1) is 12.0. The summed E-state index contributed by atoms with van der Waals surface area (Å²) in [6, 6.07) is 0. The van der Waals surface area contributed by atoms with Gasteiger partial charge in [0.1, 0.15) is 5.52 Å². The number of imidazole rings is 1. The molecule has 130 valence electrons. The zero-order chi connectivity index (χ0) is 17.6. The Morgan fingerprint density at radius 2 is 2.12 bits per heavy atom. The molecule has 0 saturated carbocycles. The Hall–Kier alpha value is -3.17. The Labute approximate surface area is 142 Å². The molecule has 1 aliphatic rings. The third-order valence-electron chi connectivity index (χ3n) is 4.72. The fraction of sp³-hybridized carbons (Fsp3) is 0.400. The number of piperidine rings is 1. The smallest absolute Gasteiger partial charge is 0.331 e. The van der Waals surface area contributed by atoms with Gasteiger partial charge in [0.25, 0.3) is 0 Å². The van der Waals surface area contributed by atoms with Crippen molar-refractivity contribution in [3.8, 4) is 0 Å². The largest absolute Gasteiger partial charge is 0.479 e. The van der Waals surface area contributed by atoms with Crippen LogP contribution in [0.3, 0.4) is 0 Å². The molecule has 0 amide bonds. The van der Waals surface area contributed by atoms with Crippen molar-refractivity contribution in [3.63, 3.8) is 0 Å². The molecular weight excluding hydrogens is 324 g/mol. The van der Waals surface area contributed by atoms with Gasteiger partial charge in [0.2, 0.25) is 5.95 Å². The van der Waals surface area contributed by atoms with Gasteiger partial charge in [0.05, 0.1) is 12.5 Å². The first-order valence-corrected chi connectivity index (χ1v) is 7.96. The van der Waals surface area contributed by atoms with E-state index in [1.165, 1.54) is 0 Å². The van der Waals surface area contributed by atoms with Crippen LogP contribution in [0.25, 0.3) is 11.2 Å². The van der Waals surface area contributed by atoms with E-state index in [2.05, 4.69) is 25.0 Å². The molecule has 10 heteroatoms. The number of H-pyrrole nitrogens is 1. The van der Waals surface area contributed by atoms with E-state index in [1.54, 1.807) is 23.4 Å². The molecule has 1 fully saturated rings. The lowest BCUT2D eigenvalue weighted by atomic mass is 9.87. The number of aromatic amines is 1. The number of nitrogens with one attached hydrogen (secondary N) is 1. The minimum absolute atomic E-state index is 0.146. The van der Waals surface area contributed by atoms with Gasteiger partial charge in [0.15, 0.2) is 17.0 Å². The number of nitrogen functional groups attached to an aromatic ring is 1. The van der Waals surface area contributed by atoms with E-state index in [4.69, 9.17) is 5.73 Å². The van der Waals surface area contributed by atoms with E-state index < -0.39 is 11.5 Å². The van der Waals surface area contributed by atoms with Gasteiger partial charge in [-0.25, -0.2) is 9.78 Å². The lowest BCUT2D eigenvalue weighted by molar-refractivity contribution is -0.149. The Morgan fingerprint density at radius 1 is 1.36 bits per heavy atom. The molecule has 0 bridgehead atoms. The Balaban J connectivity index is 1.66. The van der Waals surface area contributed by atoms with Gasteiger partial charge in [0, 0.05) is 32.1 Å². The molecule has 0 aromatic carbocycles. The van der Waals surface area contributed by atoms with E-state index in [1.807, 2.05) is 11.8 Å². The molecule has 4 heterocycles. The third-order valence-corrected chi connectivity index (χ3v) is 4.72. The fourth-order valence-electron chi connectivity index (χ4n) is 3.34. The number of anilines is 2. The first-order valence-electron chi connectivity index (χ1n) is 7.96. The summed E-state index contributed by atoms with van der Waals surface area (Å²) in [6.45, 7) is 2.92. The molecule has 0 spiro atoms. The minimum atomic E-state index is -1.05. The lowest BCUT2D eigenvalue weighted by Gasteiger charge is -2.39. The second-order valence-electron chi connectivity index (χ2n) is 6.29. The average molecular weight is 342 g/mol. The molecule has 0 radical (unpaired) electrons. The van der Waals surface area contributed by atoms with E-state index >= 15 is 0 Å². The SMILES string of the molecule is Cc1cnn(C2(C(=O)O)CCN(c3nc(N)nc4nc[nH]c34)CC2)c1. The highest BCUT2D eigenvalue weighted by Gasteiger charge is 2.44. The second-order valence-corrected chi connectivity index (χ2v) is 6.29. The van der Waals surface area contributed by atoms with Crippen LogP contribution in [0, 0.1) is 6.92 Å². The highest BCUT2D eigenvalue weighted by molar-refractivity contribution is 5.84. The highest BCUT2D eigenvalue weighted by Crippen LogP contribution is 2.33. The van der Waals surface area contributed by atoms with Gasteiger partial charge in [-0.15, -0.1) is 0 Å². The Bertz CT molecular complexity index is 938. The monoisotopic (exact) mass is 342 g/mol. The quantitative estimate of drug-likeness (QED) is 0.626. The van der Waals surface area contributed by atoms with Gasteiger partial charge >= 0.3 is 5.97 Å². The van der Waals surface area contributed by atoms with Gasteiger partial charge in [-0.05, 0) is 12.5 Å². The zero-order valence-electron chi connectivity index (χ0n) is 13.7. The number of carboxylic acids is 1. The minimum Gasteiger partial charge on any atom is -0.479 e. The van der Waals surface area contributed by atoms with Crippen molar-refractivity contribution >= 4 is 28.9 Å². The van der Waals surface area contributed by atoms with Crippen molar-refractivity contribution in [1.29, 1.82) is 0 Å². The van der Waals surface area contributed by atoms with E-state index in [9.17, 15) is 9.90 Å². The van der Waals surface area contributed by atoms with Crippen LogP contribution in [-0.2, 0) is 10.3 Å². The summed E-state index contributed by atoms with van der Waals surface area (Å²) in [5.41, 5.74) is 6.87. The molecule has 0 unspecified atom stereocenters. The summed E-state index contributed by atoms with van der Waals surface area (Å²) in [4.78, 5) is 29.6. The maximum Gasteiger partial charge on any atom is 0.331 e. The number of carbonyl (C=O) groups is 1. The van der Waals surface area contributed by atoms with Crippen molar-refractivity contribution in [2.75, 3.05) is 23.7 Å². The van der Waals surface area contributed by atoms with Gasteiger partial charge in [-0.2, -0.15) is 15.1 Å². The third kappa shape index (κ3) is 2.37. The summed E-state index contributed by atoms with van der Waals surface area (Å²) >= 11 is 0. The maximum atomic E-state index is 12.0. The van der Waals surface area contributed by atoms with Crippen LogP contribution in [-0.4, -0.2) is 53.9 Å². The van der Waals surface area contributed by atoms with Crippen molar-refractivity contribution in [3.05, 3.63) is 24.3 Å². The second kappa shape index (κ2) is 5.43. The number of aliphatic carboxylic acids is 1. The molecule has 1 saturated heterocycles. The summed E-state index contributed by atoms with van der Waals surface area (Å²) in [5, 5.41) is 14.1. The number of fused-ring (bicyclic) bond motifs is 1. The highest BCUT2D eigenvalue weighted by atomic mass is 16.4. The lowest BCUT2D eigenvalue weighted by Crippen LogP contribution is -2.51. The molecule has 1 aliphatic heterocycles. The molecule has 3 aromatic heterocycles. The van der Waals surface area contributed by atoms with E-state index in [-0.39, 0.29) is 5.95 Å². The molecular formula is C15H18N8O2. The van der Waals surface area contributed by atoms with E-state index in [0.717, 1.165) is 5.56 Å². The molecule has 10 nitrogen and oxygen atoms in total. The number of nitrogens with two attached hydrogens (primary N) is 1. The van der Waals surface area contributed by atoms with Crippen LogP contribution in [0.1, 0.15) is 18.4 Å². The number of nitrogens with zero attached hydrogens (tertiary/aromatic N) is 6. The summed E-state index contributed by atoms with van der Waals surface area (Å²) in [7, 11) is 0. The van der Waals surface area contributed by atoms with Crippen molar-refractivity contribution < 1.29 is 9.90 Å². The van der Waals surface area contributed by atoms with Crippen LogP contribution in [0.2, 0.25) is 0 Å². The van der Waals surface area contributed by atoms with E-state index in [0.29, 0.717) is 42.9 Å². The normalized spacial score (nSPS) is 17.1. The fourth-order valence-corrected chi connectivity index (χ4v) is 3.34. The topological polar surface area (TPSA) is 139 Å². The molecule has 3 aromatic rings. The predicted molar refractivity (Wildman–Crippen MR) is 90.1 cm³/mol. The molecule has 4 N–H and O–H groups in total. The number of carboxylic acid groups (broad SMARTS) is 1. The number of hydrogen-bond acceptors (Lipinski definition) is 7. The van der Waals surface area contributed by atoms with Gasteiger partial charge in [-0.3, -0.25) is 4.68 Å². The first kappa shape index (κ1) is 15.4. The average Bonchev–Trinajstić information content (AvgIpc) is 3.23. The number of aromatic nitrogens is 6. The summed E-state index contributed by atoms with van der Waals surface area (Å²) in [6.07, 6.45) is 5.81. The Morgan fingerprint density at radius 3 is 2.76 bits per heavy atom. The van der Waals surface area contributed by atoms with Crippen molar-refractivity contribution in [2.24, 2.45) is 0 Å². The van der Waals surface area contributed by atoms with Gasteiger partial charge < -0.3 is 20.7 Å². The van der Waals surface area contributed by atoms with Crippen molar-refractivity contribution in [2.45, 2.75) is 25.3 Å². The van der Waals surface area contributed by atoms with Crippen molar-refractivity contribution in [1.82, 2.24) is 29.7 Å². The predicted octanol–water partition coefficient (Wildman–Crippen LogP) is 0.520. The number of rotatable bonds is 3. The molecule has 25 heavy (non-hydrogen) atoms. The standard InChI is InChI=1S/C15H18N8O2/c1-9-6-19-23(7-9)15(13(24)25)2-4-22(5-3-15)12-10-11(18-8-17-10)20-14(16)21-12/h6-8H,2-5H2,1H3,(H,24,25)(H3,16,17,18,20,21). The summed E-state index contributed by atoms with van der Waals surface area (Å²) < 4.78 is 1.57. The van der Waals surface area contributed by atoms with Crippen LogP contribution >= 0.6 is 0 Å². The van der Waals surface area contributed by atoms with Crippen LogP contribution < -0.4 is 10.6 Å². The molecule has 0 atom stereocenters. The zero-order valence-corrected chi connectivity index (χ0v) is 13.7. The molecule has 4 rings (SSSR count). The number of hydrogen-bond donors (Lipinski definition) is 3. The van der Waals surface area contributed by atoms with Crippen LogP contribution in [0.15, 0.2) is 18.7 Å². The maximum absolute atomic E-state index is 12.0. The number of aryl methyl sites for hydroxylation is 1. The molecule has 0 aliphatic carbocycles. The van der Waals surface area contributed by atoms with Crippen LogP contribution in [0.5, 0.6) is 0 Å². The summed E-state index contributed by atoms with van der Waals surface area (Å²) in [5.74, 6) is -0.0767. The van der Waals surface area contributed by atoms with Crippen LogP contribution in [0.4, 0.5) is 11.8 Å².